The third-order valence-electron chi connectivity index (χ3n) is 5.68. The Morgan fingerprint density at radius 1 is 0.938 bits per heavy atom. The highest BCUT2D eigenvalue weighted by Gasteiger charge is 2.34. The van der Waals surface area contributed by atoms with Crippen LogP contribution in [-0.4, -0.2) is 36.6 Å². The van der Waals surface area contributed by atoms with Gasteiger partial charge in [0.1, 0.15) is 11.3 Å². The number of carbonyl (C=O) groups excluding carboxylic acids is 2. The Hall–Kier alpha value is -3.19. The number of amides is 2. The Morgan fingerprint density at radius 3 is 2.19 bits per heavy atom. The van der Waals surface area contributed by atoms with Crippen molar-refractivity contribution in [2.45, 2.75) is 32.6 Å². The fraction of sp³-hybridized carbons (Fsp3) is 0.320. The maximum absolute atomic E-state index is 13.2. The van der Waals surface area contributed by atoms with E-state index in [2.05, 4.69) is 22.3 Å². The van der Waals surface area contributed by atoms with E-state index < -0.39 is 11.8 Å². The van der Waals surface area contributed by atoms with Crippen LogP contribution in [0.5, 0.6) is 5.75 Å². The lowest BCUT2D eigenvalue weighted by Gasteiger charge is -2.29. The van der Waals surface area contributed by atoms with E-state index in [1.807, 2.05) is 19.1 Å². The second-order valence-corrected chi connectivity index (χ2v) is 8.26. The lowest BCUT2D eigenvalue weighted by Crippen LogP contribution is -2.54. The molecule has 0 spiro atoms. The Labute approximate surface area is 193 Å². The van der Waals surface area contributed by atoms with Crippen LogP contribution in [0, 0.1) is 0 Å². The van der Waals surface area contributed by atoms with Gasteiger partial charge in [-0.1, -0.05) is 25.0 Å². The van der Waals surface area contributed by atoms with Gasteiger partial charge < -0.3 is 9.64 Å². The zero-order valence-corrected chi connectivity index (χ0v) is 19.0. The van der Waals surface area contributed by atoms with E-state index in [1.165, 1.54) is 36.3 Å². The van der Waals surface area contributed by atoms with Gasteiger partial charge in [0.25, 0.3) is 11.8 Å². The summed E-state index contributed by atoms with van der Waals surface area (Å²) in [6.45, 7) is 4.59. The van der Waals surface area contributed by atoms with Gasteiger partial charge in [-0.2, -0.15) is 0 Å². The van der Waals surface area contributed by atoms with Crippen LogP contribution in [0.3, 0.4) is 0 Å². The molecule has 6 nitrogen and oxygen atoms in total. The number of rotatable bonds is 5. The molecule has 0 aromatic heterocycles. The summed E-state index contributed by atoms with van der Waals surface area (Å²) >= 11 is 5.27. The van der Waals surface area contributed by atoms with Crippen molar-refractivity contribution >= 4 is 46.6 Å². The quantitative estimate of drug-likeness (QED) is 0.419. The summed E-state index contributed by atoms with van der Waals surface area (Å²) in [7, 11) is 0. The molecule has 2 aromatic carbocycles. The standard InChI is InChI=1S/C25H27N3O3S/c1-2-31-21-13-11-20(12-14-21)28-24(30)22(23(29)26-25(28)32)17-18-7-9-19(10-8-18)27-15-5-3-4-6-16-27/h7-14,17H,2-6,15-16H2,1H3,(H,26,29,32)/b22-17+. The fourth-order valence-corrected chi connectivity index (χ4v) is 4.31. The lowest BCUT2D eigenvalue weighted by molar-refractivity contribution is -0.122. The number of benzene rings is 2. The van der Waals surface area contributed by atoms with E-state index in [4.69, 9.17) is 17.0 Å². The van der Waals surface area contributed by atoms with Gasteiger partial charge in [0.05, 0.1) is 12.3 Å². The molecule has 0 atom stereocenters. The summed E-state index contributed by atoms with van der Waals surface area (Å²) in [4.78, 5) is 29.5. The van der Waals surface area contributed by atoms with Crippen LogP contribution in [0.4, 0.5) is 11.4 Å². The van der Waals surface area contributed by atoms with Gasteiger partial charge in [-0.3, -0.25) is 19.8 Å². The van der Waals surface area contributed by atoms with Crippen molar-refractivity contribution in [2.24, 2.45) is 0 Å². The van der Waals surface area contributed by atoms with E-state index in [0.717, 1.165) is 18.7 Å². The first-order valence-electron chi connectivity index (χ1n) is 11.1. The summed E-state index contributed by atoms with van der Waals surface area (Å²) in [6.07, 6.45) is 6.60. The van der Waals surface area contributed by atoms with Gasteiger partial charge in [0.15, 0.2) is 5.11 Å². The number of nitrogens with zero attached hydrogens (tertiary/aromatic N) is 2. The second kappa shape index (κ2) is 9.96. The minimum Gasteiger partial charge on any atom is -0.494 e. The van der Waals surface area contributed by atoms with Crippen LogP contribution in [0.1, 0.15) is 38.2 Å². The second-order valence-electron chi connectivity index (χ2n) is 7.88. The SMILES string of the molecule is CCOc1ccc(N2C(=O)/C(=C/c3ccc(N4CCCCCC4)cc3)C(=O)NC2=S)cc1. The highest BCUT2D eigenvalue weighted by molar-refractivity contribution is 7.80. The molecule has 2 aromatic rings. The molecule has 2 saturated heterocycles. The highest BCUT2D eigenvalue weighted by Crippen LogP contribution is 2.25. The van der Waals surface area contributed by atoms with E-state index in [9.17, 15) is 9.59 Å². The van der Waals surface area contributed by atoms with Crippen molar-refractivity contribution in [3.63, 3.8) is 0 Å². The molecule has 166 valence electrons. The van der Waals surface area contributed by atoms with Crippen molar-refractivity contribution in [1.29, 1.82) is 0 Å². The Balaban J connectivity index is 1.55. The first-order valence-corrected chi connectivity index (χ1v) is 11.5. The van der Waals surface area contributed by atoms with Gasteiger partial charge in [0, 0.05) is 18.8 Å². The van der Waals surface area contributed by atoms with Gasteiger partial charge in [0.2, 0.25) is 0 Å². The third-order valence-corrected chi connectivity index (χ3v) is 5.97. The van der Waals surface area contributed by atoms with Crippen LogP contribution in [0.25, 0.3) is 6.08 Å². The molecule has 2 aliphatic rings. The van der Waals surface area contributed by atoms with Gasteiger partial charge in [-0.15, -0.1) is 0 Å². The van der Waals surface area contributed by atoms with Gasteiger partial charge >= 0.3 is 0 Å². The number of nitrogens with one attached hydrogen (secondary N) is 1. The average molecular weight is 450 g/mol. The number of hydrogen-bond donors (Lipinski definition) is 1. The molecule has 1 N–H and O–H groups in total. The Bertz CT molecular complexity index is 1020. The predicted molar refractivity (Wildman–Crippen MR) is 131 cm³/mol. The van der Waals surface area contributed by atoms with Crippen molar-refractivity contribution in [2.75, 3.05) is 29.5 Å². The summed E-state index contributed by atoms with van der Waals surface area (Å²) in [5, 5.41) is 2.70. The van der Waals surface area contributed by atoms with Crippen molar-refractivity contribution in [3.8, 4) is 5.75 Å². The van der Waals surface area contributed by atoms with E-state index in [-0.39, 0.29) is 10.7 Å². The normalized spacial score (nSPS) is 18.5. The van der Waals surface area contributed by atoms with Crippen molar-refractivity contribution in [3.05, 3.63) is 59.7 Å². The van der Waals surface area contributed by atoms with Crippen molar-refractivity contribution < 1.29 is 14.3 Å². The summed E-state index contributed by atoms with van der Waals surface area (Å²) in [5.74, 6) is -0.228. The first-order chi connectivity index (χ1) is 15.6. The molecule has 2 aliphatic heterocycles. The molecule has 2 amide bonds. The van der Waals surface area contributed by atoms with Crippen LogP contribution in [-0.2, 0) is 9.59 Å². The van der Waals surface area contributed by atoms with Crippen LogP contribution in [0.2, 0.25) is 0 Å². The van der Waals surface area contributed by atoms with Crippen LogP contribution in [0.15, 0.2) is 54.1 Å². The maximum Gasteiger partial charge on any atom is 0.270 e. The molecule has 4 rings (SSSR count). The number of anilines is 2. The number of thiocarbonyl (C=S) groups is 1. The van der Waals surface area contributed by atoms with Crippen LogP contribution >= 0.6 is 12.2 Å². The first kappa shape index (κ1) is 22.0. The molecule has 0 saturated carbocycles. The van der Waals surface area contributed by atoms with E-state index in [0.29, 0.717) is 18.0 Å². The largest absolute Gasteiger partial charge is 0.494 e. The van der Waals surface area contributed by atoms with Crippen molar-refractivity contribution in [1.82, 2.24) is 5.32 Å². The molecule has 0 unspecified atom stereocenters. The molecule has 2 heterocycles. The predicted octanol–water partition coefficient (Wildman–Crippen LogP) is 4.30. The van der Waals surface area contributed by atoms with Crippen LogP contribution < -0.4 is 19.9 Å². The van der Waals surface area contributed by atoms with Gasteiger partial charge in [-0.25, -0.2) is 0 Å². The fourth-order valence-electron chi connectivity index (χ4n) is 4.03. The molecule has 2 fully saturated rings. The van der Waals surface area contributed by atoms with Gasteiger partial charge in [-0.05, 0) is 80.0 Å². The zero-order chi connectivity index (χ0) is 22.5. The summed E-state index contributed by atoms with van der Waals surface area (Å²) in [5.41, 5.74) is 2.59. The third kappa shape index (κ3) is 4.83. The minimum absolute atomic E-state index is 0.0509. The Morgan fingerprint density at radius 2 is 1.56 bits per heavy atom. The smallest absolute Gasteiger partial charge is 0.270 e. The molecule has 0 bridgehead atoms. The zero-order valence-electron chi connectivity index (χ0n) is 18.2. The average Bonchev–Trinajstić information content (AvgIpc) is 3.08. The lowest BCUT2D eigenvalue weighted by atomic mass is 10.1. The van der Waals surface area contributed by atoms with E-state index >= 15 is 0 Å². The highest BCUT2D eigenvalue weighted by atomic mass is 32.1. The molecule has 7 heteroatoms. The minimum atomic E-state index is -0.487. The number of ether oxygens (including phenoxy) is 1. The molecule has 0 aliphatic carbocycles. The molecular formula is C25H27N3O3S. The monoisotopic (exact) mass is 449 g/mol. The van der Waals surface area contributed by atoms with E-state index in [1.54, 1.807) is 30.3 Å². The maximum atomic E-state index is 13.2. The molecule has 0 radical (unpaired) electrons. The molecular weight excluding hydrogens is 422 g/mol. The number of hydrogen-bond acceptors (Lipinski definition) is 5. The Kier molecular flexibility index (Phi) is 6.85. The molecule has 32 heavy (non-hydrogen) atoms. The summed E-state index contributed by atoms with van der Waals surface area (Å²) in [6, 6.07) is 15.0. The summed E-state index contributed by atoms with van der Waals surface area (Å²) < 4.78 is 5.46. The topological polar surface area (TPSA) is 61.9 Å². The number of carbonyl (C=O) groups is 2.